The minimum atomic E-state index is -1.23. The molecule has 0 fully saturated rings. The van der Waals surface area contributed by atoms with Gasteiger partial charge < -0.3 is 19.6 Å². The number of hydrogen-bond acceptors (Lipinski definition) is 3. The minimum absolute atomic E-state index is 0.0946. The SMILES string of the molecule is O=C([O-])CCC(=O)Nc1cccc(-c2cc3ccccn3c2)c1. The fraction of sp³-hybridized carbons (Fsp3) is 0.111. The predicted octanol–water partition coefficient (Wildman–Crippen LogP) is 2.07. The fourth-order valence-electron chi connectivity index (χ4n) is 2.43. The van der Waals surface area contributed by atoms with Crippen molar-refractivity contribution in [2.45, 2.75) is 12.8 Å². The van der Waals surface area contributed by atoms with Gasteiger partial charge in [-0.2, -0.15) is 0 Å². The number of hydrogen-bond donors (Lipinski definition) is 1. The fourth-order valence-corrected chi connectivity index (χ4v) is 2.43. The van der Waals surface area contributed by atoms with Crippen molar-refractivity contribution in [2.24, 2.45) is 0 Å². The van der Waals surface area contributed by atoms with Crippen LogP contribution in [0, 0.1) is 0 Å². The summed E-state index contributed by atoms with van der Waals surface area (Å²) in [5.41, 5.74) is 3.75. The van der Waals surface area contributed by atoms with Crippen LogP contribution in [0.5, 0.6) is 0 Å². The maximum absolute atomic E-state index is 11.7. The molecule has 5 nitrogen and oxygen atoms in total. The van der Waals surface area contributed by atoms with Crippen molar-refractivity contribution < 1.29 is 14.7 Å². The molecule has 0 saturated heterocycles. The minimum Gasteiger partial charge on any atom is -0.550 e. The number of nitrogens with one attached hydrogen (secondary N) is 1. The van der Waals surface area contributed by atoms with Crippen molar-refractivity contribution in [1.82, 2.24) is 4.40 Å². The molecule has 0 saturated carbocycles. The number of anilines is 1. The Balaban J connectivity index is 1.79. The molecular formula is C18H15N2O3-. The molecule has 0 unspecified atom stereocenters. The molecule has 23 heavy (non-hydrogen) atoms. The van der Waals surface area contributed by atoms with Gasteiger partial charge >= 0.3 is 0 Å². The van der Waals surface area contributed by atoms with Crippen LogP contribution < -0.4 is 10.4 Å². The lowest BCUT2D eigenvalue weighted by atomic mass is 10.1. The van der Waals surface area contributed by atoms with Crippen LogP contribution in [-0.2, 0) is 9.59 Å². The van der Waals surface area contributed by atoms with E-state index in [-0.39, 0.29) is 18.7 Å². The highest BCUT2D eigenvalue weighted by atomic mass is 16.4. The van der Waals surface area contributed by atoms with Crippen molar-refractivity contribution in [1.29, 1.82) is 0 Å². The van der Waals surface area contributed by atoms with Gasteiger partial charge in [-0.25, -0.2) is 0 Å². The number of carboxylic acids is 1. The molecule has 0 aliphatic carbocycles. The second kappa shape index (κ2) is 6.36. The molecule has 0 bridgehead atoms. The number of aromatic nitrogens is 1. The Kier molecular flexibility index (Phi) is 4.10. The Bertz CT molecular complexity index is 834. The first kappa shape index (κ1) is 14.8. The monoisotopic (exact) mass is 307 g/mol. The van der Waals surface area contributed by atoms with Crippen molar-refractivity contribution in [3.63, 3.8) is 0 Å². The predicted molar refractivity (Wildman–Crippen MR) is 85.7 cm³/mol. The summed E-state index contributed by atoms with van der Waals surface area (Å²) in [5, 5.41) is 13.1. The van der Waals surface area contributed by atoms with Crippen molar-refractivity contribution in [3.8, 4) is 11.1 Å². The number of amides is 1. The van der Waals surface area contributed by atoms with Gasteiger partial charge in [0.2, 0.25) is 5.91 Å². The molecule has 0 aliphatic rings. The van der Waals surface area contributed by atoms with Gasteiger partial charge in [0.1, 0.15) is 0 Å². The summed E-state index contributed by atoms with van der Waals surface area (Å²) >= 11 is 0. The maximum atomic E-state index is 11.7. The first-order valence-corrected chi connectivity index (χ1v) is 7.29. The third-order valence-corrected chi connectivity index (χ3v) is 3.54. The third kappa shape index (κ3) is 3.58. The number of aliphatic carboxylic acids is 1. The van der Waals surface area contributed by atoms with Crippen LogP contribution in [0.15, 0.2) is 60.9 Å². The lowest BCUT2D eigenvalue weighted by Crippen LogP contribution is -2.24. The largest absolute Gasteiger partial charge is 0.550 e. The quantitative estimate of drug-likeness (QED) is 0.784. The number of carbonyl (C=O) groups is 2. The molecule has 0 aliphatic heterocycles. The van der Waals surface area contributed by atoms with E-state index in [1.165, 1.54) is 0 Å². The van der Waals surface area contributed by atoms with Gasteiger partial charge in [0.15, 0.2) is 0 Å². The number of rotatable bonds is 5. The number of fused-ring (bicyclic) bond motifs is 1. The van der Waals surface area contributed by atoms with Crippen LogP contribution in [0.1, 0.15) is 12.8 Å². The molecule has 0 atom stereocenters. The zero-order valence-electron chi connectivity index (χ0n) is 12.4. The van der Waals surface area contributed by atoms with Gasteiger partial charge in [-0.3, -0.25) is 4.79 Å². The zero-order valence-corrected chi connectivity index (χ0v) is 12.4. The molecule has 1 amide bonds. The summed E-state index contributed by atoms with van der Waals surface area (Å²) in [7, 11) is 0. The molecule has 3 aromatic rings. The maximum Gasteiger partial charge on any atom is 0.224 e. The van der Waals surface area contributed by atoms with Crippen LogP contribution in [0.4, 0.5) is 5.69 Å². The smallest absolute Gasteiger partial charge is 0.224 e. The standard InChI is InChI=1S/C18H16N2O3/c21-17(7-8-18(22)23)19-15-5-3-4-13(10-15)14-11-16-6-1-2-9-20(16)12-14/h1-6,9-12H,7-8H2,(H,19,21)(H,22,23)/p-1. The Hall–Kier alpha value is -3.08. The average Bonchev–Trinajstić information content (AvgIpc) is 2.97. The third-order valence-electron chi connectivity index (χ3n) is 3.54. The van der Waals surface area contributed by atoms with E-state index in [1.807, 2.05) is 53.2 Å². The first-order valence-electron chi connectivity index (χ1n) is 7.29. The van der Waals surface area contributed by atoms with Crippen molar-refractivity contribution in [3.05, 3.63) is 60.9 Å². The second-order valence-electron chi connectivity index (χ2n) is 5.26. The summed E-state index contributed by atoms with van der Waals surface area (Å²) in [4.78, 5) is 22.1. The first-order chi connectivity index (χ1) is 11.1. The Morgan fingerprint density at radius 3 is 2.65 bits per heavy atom. The Labute approximate surface area is 133 Å². The molecule has 3 rings (SSSR count). The molecule has 0 radical (unpaired) electrons. The topological polar surface area (TPSA) is 73.6 Å². The van der Waals surface area contributed by atoms with E-state index >= 15 is 0 Å². The normalized spacial score (nSPS) is 10.6. The van der Waals surface area contributed by atoms with Crippen molar-refractivity contribution >= 4 is 23.1 Å². The Morgan fingerprint density at radius 1 is 1.00 bits per heavy atom. The van der Waals surface area contributed by atoms with Gasteiger partial charge in [0.05, 0.1) is 0 Å². The highest BCUT2D eigenvalue weighted by Crippen LogP contribution is 2.25. The van der Waals surface area contributed by atoms with E-state index in [0.717, 1.165) is 16.6 Å². The van der Waals surface area contributed by atoms with Crippen LogP contribution >= 0.6 is 0 Å². The highest BCUT2D eigenvalue weighted by molar-refractivity contribution is 5.93. The number of nitrogens with zero attached hydrogens (tertiary/aromatic N) is 1. The molecule has 1 N–H and O–H groups in total. The molecular weight excluding hydrogens is 292 g/mol. The number of carbonyl (C=O) groups excluding carboxylic acids is 2. The van der Waals surface area contributed by atoms with Gasteiger partial charge in [0.25, 0.3) is 0 Å². The average molecular weight is 307 g/mol. The number of benzene rings is 1. The van der Waals surface area contributed by atoms with Gasteiger partial charge in [-0.15, -0.1) is 0 Å². The van der Waals surface area contributed by atoms with Crippen LogP contribution in [0.3, 0.4) is 0 Å². The molecule has 2 aromatic heterocycles. The molecule has 5 heteroatoms. The van der Waals surface area contributed by atoms with Gasteiger partial charge in [-0.05, 0) is 42.3 Å². The molecule has 0 spiro atoms. The van der Waals surface area contributed by atoms with Gasteiger partial charge in [0, 0.05) is 41.6 Å². The Morgan fingerprint density at radius 2 is 1.87 bits per heavy atom. The van der Waals surface area contributed by atoms with Crippen molar-refractivity contribution in [2.75, 3.05) is 5.32 Å². The number of pyridine rings is 1. The van der Waals surface area contributed by atoms with E-state index in [4.69, 9.17) is 0 Å². The van der Waals surface area contributed by atoms with Crippen LogP contribution in [0.2, 0.25) is 0 Å². The molecule has 1 aromatic carbocycles. The van der Waals surface area contributed by atoms with Crippen LogP contribution in [-0.4, -0.2) is 16.3 Å². The van der Waals surface area contributed by atoms with E-state index in [2.05, 4.69) is 11.4 Å². The highest BCUT2D eigenvalue weighted by Gasteiger charge is 2.06. The van der Waals surface area contributed by atoms with E-state index in [0.29, 0.717) is 5.69 Å². The molecule has 2 heterocycles. The van der Waals surface area contributed by atoms with E-state index < -0.39 is 5.97 Å². The van der Waals surface area contributed by atoms with E-state index in [1.54, 1.807) is 6.07 Å². The lowest BCUT2D eigenvalue weighted by molar-refractivity contribution is -0.305. The van der Waals surface area contributed by atoms with E-state index in [9.17, 15) is 14.7 Å². The summed E-state index contributed by atoms with van der Waals surface area (Å²) in [6.45, 7) is 0. The number of carboxylic acid groups (broad SMARTS) is 1. The second-order valence-corrected chi connectivity index (χ2v) is 5.26. The van der Waals surface area contributed by atoms with Gasteiger partial charge in [-0.1, -0.05) is 18.2 Å². The van der Waals surface area contributed by atoms with Crippen LogP contribution in [0.25, 0.3) is 16.6 Å². The summed E-state index contributed by atoms with van der Waals surface area (Å²) in [6.07, 6.45) is 3.62. The summed E-state index contributed by atoms with van der Waals surface area (Å²) < 4.78 is 2.03. The summed E-state index contributed by atoms with van der Waals surface area (Å²) in [6, 6.07) is 15.5. The lowest BCUT2D eigenvalue weighted by Gasteiger charge is -2.07. The molecule has 116 valence electrons. The summed E-state index contributed by atoms with van der Waals surface area (Å²) in [5.74, 6) is -1.57. The zero-order chi connectivity index (χ0) is 16.2.